The molecule has 140 valence electrons. The second-order valence-corrected chi connectivity index (χ2v) is 6.76. The van der Waals surface area contributed by atoms with Crippen LogP contribution in [0.5, 0.6) is 11.5 Å². The van der Waals surface area contributed by atoms with E-state index in [0.29, 0.717) is 28.3 Å². The summed E-state index contributed by atoms with van der Waals surface area (Å²) >= 11 is 1.17. The fourth-order valence-electron chi connectivity index (χ4n) is 2.19. The number of thioether (sulfide) groups is 1. The minimum absolute atomic E-state index is 0.212. The van der Waals surface area contributed by atoms with E-state index in [1.54, 1.807) is 57.8 Å². The molecule has 0 saturated carbocycles. The standard InChI is InChI=1S/C18H18N4O4S/c1-11(16(23)20-13-7-14(24-2)9-15(8-13)25-3)27-18-22-21-17(26-18)12-5-4-6-19-10-12/h4-11H,1-3H3,(H,20,23)/t11-/m0/s1. The van der Waals surface area contributed by atoms with Crippen molar-refractivity contribution in [1.82, 2.24) is 15.2 Å². The van der Waals surface area contributed by atoms with E-state index in [1.165, 1.54) is 11.8 Å². The fraction of sp³-hybridized carbons (Fsp3) is 0.222. The predicted molar refractivity (Wildman–Crippen MR) is 101 cm³/mol. The van der Waals surface area contributed by atoms with Crippen LogP contribution in [-0.4, -0.2) is 40.6 Å². The molecule has 0 bridgehead atoms. The Kier molecular flexibility index (Phi) is 5.92. The van der Waals surface area contributed by atoms with Crippen molar-refractivity contribution in [2.75, 3.05) is 19.5 Å². The van der Waals surface area contributed by atoms with Gasteiger partial charge in [0.2, 0.25) is 11.8 Å². The van der Waals surface area contributed by atoms with Crippen molar-refractivity contribution in [2.24, 2.45) is 0 Å². The second kappa shape index (κ2) is 8.54. The molecule has 1 amide bonds. The van der Waals surface area contributed by atoms with Gasteiger partial charge in [-0.05, 0) is 19.1 Å². The third kappa shape index (κ3) is 4.76. The number of rotatable bonds is 7. The summed E-state index contributed by atoms with van der Waals surface area (Å²) in [7, 11) is 3.10. The van der Waals surface area contributed by atoms with E-state index in [-0.39, 0.29) is 5.91 Å². The van der Waals surface area contributed by atoms with E-state index in [4.69, 9.17) is 13.9 Å². The Morgan fingerprint density at radius 2 is 1.93 bits per heavy atom. The lowest BCUT2D eigenvalue weighted by atomic mass is 10.2. The summed E-state index contributed by atoms with van der Waals surface area (Å²) in [5.74, 6) is 1.32. The van der Waals surface area contributed by atoms with E-state index in [2.05, 4.69) is 20.5 Å². The van der Waals surface area contributed by atoms with Gasteiger partial charge in [0.1, 0.15) is 11.5 Å². The molecule has 0 fully saturated rings. The van der Waals surface area contributed by atoms with Crippen molar-refractivity contribution >= 4 is 23.4 Å². The van der Waals surface area contributed by atoms with Crippen LogP contribution in [0.2, 0.25) is 0 Å². The zero-order valence-corrected chi connectivity index (χ0v) is 15.8. The Balaban J connectivity index is 1.65. The van der Waals surface area contributed by atoms with Gasteiger partial charge in [-0.2, -0.15) is 0 Å². The maximum absolute atomic E-state index is 12.5. The van der Waals surface area contributed by atoms with Crippen LogP contribution in [0.15, 0.2) is 52.4 Å². The first kappa shape index (κ1) is 18.7. The average molecular weight is 386 g/mol. The topological polar surface area (TPSA) is 99.4 Å². The molecule has 0 aliphatic heterocycles. The molecule has 8 nitrogen and oxygen atoms in total. The summed E-state index contributed by atoms with van der Waals surface area (Å²) in [6, 6.07) is 8.76. The van der Waals surface area contributed by atoms with Gasteiger partial charge in [-0.3, -0.25) is 9.78 Å². The number of methoxy groups -OCH3 is 2. The summed E-state index contributed by atoms with van der Waals surface area (Å²) in [6.07, 6.45) is 3.30. The van der Waals surface area contributed by atoms with Crippen LogP contribution in [0.1, 0.15) is 6.92 Å². The summed E-state index contributed by atoms with van der Waals surface area (Å²) in [5.41, 5.74) is 1.29. The number of pyridine rings is 1. The smallest absolute Gasteiger partial charge is 0.277 e. The first-order valence-corrected chi connectivity index (χ1v) is 8.91. The SMILES string of the molecule is COc1cc(NC(=O)[C@H](C)Sc2nnc(-c3cccnc3)o2)cc(OC)c1. The normalized spacial score (nSPS) is 11.7. The molecule has 0 unspecified atom stereocenters. The maximum atomic E-state index is 12.5. The number of hydrogen-bond acceptors (Lipinski definition) is 8. The van der Waals surface area contributed by atoms with Crippen LogP contribution in [-0.2, 0) is 4.79 Å². The molecule has 3 rings (SSSR count). The molecule has 0 radical (unpaired) electrons. The van der Waals surface area contributed by atoms with Gasteiger partial charge in [0.25, 0.3) is 5.22 Å². The number of nitrogens with one attached hydrogen (secondary N) is 1. The van der Waals surface area contributed by atoms with Crippen molar-refractivity contribution in [1.29, 1.82) is 0 Å². The van der Waals surface area contributed by atoms with Crippen LogP contribution in [0.3, 0.4) is 0 Å². The van der Waals surface area contributed by atoms with Crippen LogP contribution < -0.4 is 14.8 Å². The van der Waals surface area contributed by atoms with Crippen molar-refractivity contribution in [3.8, 4) is 23.0 Å². The van der Waals surface area contributed by atoms with Gasteiger partial charge in [0.15, 0.2) is 0 Å². The number of hydrogen-bond donors (Lipinski definition) is 1. The Morgan fingerprint density at radius 1 is 1.19 bits per heavy atom. The Morgan fingerprint density at radius 3 is 2.56 bits per heavy atom. The van der Waals surface area contributed by atoms with Crippen LogP contribution in [0, 0.1) is 0 Å². The molecule has 3 aromatic rings. The first-order chi connectivity index (χ1) is 13.1. The van der Waals surface area contributed by atoms with Crippen LogP contribution >= 0.6 is 11.8 Å². The van der Waals surface area contributed by atoms with Gasteiger partial charge in [-0.15, -0.1) is 10.2 Å². The number of anilines is 1. The van der Waals surface area contributed by atoms with Crippen LogP contribution in [0.25, 0.3) is 11.5 Å². The predicted octanol–water partition coefficient (Wildman–Crippen LogP) is 3.27. The maximum Gasteiger partial charge on any atom is 0.277 e. The number of carbonyl (C=O) groups excluding carboxylic acids is 1. The largest absolute Gasteiger partial charge is 0.497 e. The lowest BCUT2D eigenvalue weighted by Gasteiger charge is -2.12. The highest BCUT2D eigenvalue weighted by molar-refractivity contribution is 8.00. The molecule has 0 saturated heterocycles. The van der Waals surface area contributed by atoms with Crippen molar-refractivity contribution in [3.05, 3.63) is 42.7 Å². The molecule has 0 aliphatic carbocycles. The summed E-state index contributed by atoms with van der Waals surface area (Å²) < 4.78 is 16.0. The summed E-state index contributed by atoms with van der Waals surface area (Å²) in [6.45, 7) is 1.76. The molecule has 27 heavy (non-hydrogen) atoms. The minimum atomic E-state index is -0.454. The minimum Gasteiger partial charge on any atom is -0.497 e. The lowest BCUT2D eigenvalue weighted by Crippen LogP contribution is -2.22. The highest BCUT2D eigenvalue weighted by Crippen LogP contribution is 2.28. The van der Waals surface area contributed by atoms with Crippen molar-refractivity contribution < 1.29 is 18.7 Å². The number of amides is 1. The van der Waals surface area contributed by atoms with E-state index < -0.39 is 5.25 Å². The summed E-state index contributed by atoms with van der Waals surface area (Å²) in [4.78, 5) is 16.5. The van der Waals surface area contributed by atoms with Gasteiger partial charge in [0, 0.05) is 36.3 Å². The number of carbonyl (C=O) groups is 1. The fourth-order valence-corrected chi connectivity index (χ4v) is 2.87. The molecular weight excluding hydrogens is 368 g/mol. The number of ether oxygens (including phenoxy) is 2. The van der Waals surface area contributed by atoms with Gasteiger partial charge in [0.05, 0.1) is 25.0 Å². The molecule has 1 N–H and O–H groups in total. The van der Waals surface area contributed by atoms with Crippen molar-refractivity contribution in [3.63, 3.8) is 0 Å². The van der Waals surface area contributed by atoms with Gasteiger partial charge in [-0.25, -0.2) is 0 Å². The van der Waals surface area contributed by atoms with Gasteiger partial charge in [-0.1, -0.05) is 11.8 Å². The lowest BCUT2D eigenvalue weighted by molar-refractivity contribution is -0.115. The molecule has 9 heteroatoms. The molecule has 0 spiro atoms. The Labute approximate surface area is 160 Å². The monoisotopic (exact) mass is 386 g/mol. The third-order valence-electron chi connectivity index (χ3n) is 3.58. The van der Waals surface area contributed by atoms with Gasteiger partial charge >= 0.3 is 0 Å². The van der Waals surface area contributed by atoms with E-state index in [1.807, 2.05) is 6.07 Å². The molecule has 1 aromatic carbocycles. The summed E-state index contributed by atoms with van der Waals surface area (Å²) in [5, 5.41) is 10.6. The second-order valence-electron chi connectivity index (χ2n) is 5.47. The number of benzene rings is 1. The van der Waals surface area contributed by atoms with E-state index in [9.17, 15) is 4.79 Å². The number of aromatic nitrogens is 3. The molecular formula is C18H18N4O4S. The average Bonchev–Trinajstić information content (AvgIpc) is 3.16. The molecule has 1 atom stereocenters. The molecule has 2 heterocycles. The highest BCUT2D eigenvalue weighted by atomic mass is 32.2. The van der Waals surface area contributed by atoms with Crippen molar-refractivity contribution in [2.45, 2.75) is 17.4 Å². The molecule has 2 aromatic heterocycles. The van der Waals surface area contributed by atoms with E-state index in [0.717, 1.165) is 5.56 Å². The zero-order valence-electron chi connectivity index (χ0n) is 15.0. The van der Waals surface area contributed by atoms with Crippen LogP contribution in [0.4, 0.5) is 5.69 Å². The Hall–Kier alpha value is -3.07. The zero-order chi connectivity index (χ0) is 19.2. The quantitative estimate of drug-likeness (QED) is 0.618. The Bertz CT molecular complexity index is 894. The van der Waals surface area contributed by atoms with Gasteiger partial charge < -0.3 is 19.2 Å². The number of nitrogens with zero attached hydrogens (tertiary/aromatic N) is 3. The first-order valence-electron chi connectivity index (χ1n) is 8.03. The third-order valence-corrected chi connectivity index (χ3v) is 4.51. The molecule has 0 aliphatic rings. The highest BCUT2D eigenvalue weighted by Gasteiger charge is 2.19. The van der Waals surface area contributed by atoms with E-state index >= 15 is 0 Å².